The molecule has 0 aromatic heterocycles. The van der Waals surface area contributed by atoms with Crippen molar-refractivity contribution in [3.8, 4) is 0 Å². The van der Waals surface area contributed by atoms with Gasteiger partial charge in [-0.3, -0.25) is 4.79 Å². The van der Waals surface area contributed by atoms with E-state index in [1.165, 1.54) is 0 Å². The van der Waals surface area contributed by atoms with E-state index in [9.17, 15) is 4.79 Å². The fourth-order valence-corrected chi connectivity index (χ4v) is 2.70. The van der Waals surface area contributed by atoms with Crippen LogP contribution in [0.15, 0.2) is 0 Å². The van der Waals surface area contributed by atoms with Crippen LogP contribution in [-0.2, 0) is 14.3 Å². The van der Waals surface area contributed by atoms with Crippen LogP contribution in [0.4, 0.5) is 0 Å². The smallest absolute Gasteiger partial charge is 0.180 e. The molecule has 1 aliphatic heterocycles. The summed E-state index contributed by atoms with van der Waals surface area (Å²) in [5.74, 6) is -0.424. The van der Waals surface area contributed by atoms with Crippen LogP contribution in [0.5, 0.6) is 0 Å². The van der Waals surface area contributed by atoms with Crippen LogP contribution in [0.2, 0.25) is 0 Å². The summed E-state index contributed by atoms with van der Waals surface area (Å²) in [7, 11) is 0. The molecule has 1 saturated carbocycles. The summed E-state index contributed by atoms with van der Waals surface area (Å²) in [4.78, 5) is 12.1. The van der Waals surface area contributed by atoms with Crippen molar-refractivity contribution in [2.45, 2.75) is 46.3 Å². The largest absolute Gasteiger partial charge is 0.346 e. The third-order valence-corrected chi connectivity index (χ3v) is 3.75. The minimum Gasteiger partial charge on any atom is -0.346 e. The van der Waals surface area contributed by atoms with Crippen LogP contribution < -0.4 is 0 Å². The lowest BCUT2D eigenvalue weighted by atomic mass is 9.62. The molecule has 0 amide bonds. The minimum absolute atomic E-state index is 0.0169. The van der Waals surface area contributed by atoms with Crippen molar-refractivity contribution in [2.24, 2.45) is 10.8 Å². The molecule has 0 bridgehead atoms. The van der Waals surface area contributed by atoms with Crippen molar-refractivity contribution < 1.29 is 14.3 Å². The zero-order chi connectivity index (χ0) is 11.3. The van der Waals surface area contributed by atoms with Crippen molar-refractivity contribution in [2.75, 3.05) is 13.2 Å². The molecule has 0 aromatic carbocycles. The molecule has 15 heavy (non-hydrogen) atoms. The van der Waals surface area contributed by atoms with Gasteiger partial charge in [0.1, 0.15) is 5.78 Å². The third kappa shape index (κ3) is 1.53. The van der Waals surface area contributed by atoms with E-state index in [0.717, 1.165) is 6.42 Å². The maximum absolute atomic E-state index is 12.1. The SMILES string of the molecule is CC1(C)CC(=O)C(C)(C)C2(C1)OCCO2. The number of hydrogen-bond donors (Lipinski definition) is 0. The Morgan fingerprint density at radius 2 is 1.60 bits per heavy atom. The average molecular weight is 212 g/mol. The monoisotopic (exact) mass is 212 g/mol. The van der Waals surface area contributed by atoms with Crippen LogP contribution >= 0.6 is 0 Å². The van der Waals surface area contributed by atoms with Gasteiger partial charge in [0.2, 0.25) is 0 Å². The molecule has 2 rings (SSSR count). The van der Waals surface area contributed by atoms with E-state index >= 15 is 0 Å². The summed E-state index contributed by atoms with van der Waals surface area (Å²) < 4.78 is 11.5. The molecule has 0 radical (unpaired) electrons. The zero-order valence-corrected chi connectivity index (χ0v) is 10.1. The van der Waals surface area contributed by atoms with Gasteiger partial charge >= 0.3 is 0 Å². The Morgan fingerprint density at radius 3 is 2.13 bits per heavy atom. The van der Waals surface area contributed by atoms with Crippen LogP contribution in [-0.4, -0.2) is 24.8 Å². The summed E-state index contributed by atoms with van der Waals surface area (Å²) in [5.41, 5.74) is -0.532. The minimum atomic E-state index is -0.675. The van der Waals surface area contributed by atoms with E-state index in [1.807, 2.05) is 13.8 Å². The van der Waals surface area contributed by atoms with Gasteiger partial charge in [-0.25, -0.2) is 0 Å². The Hall–Kier alpha value is -0.410. The van der Waals surface area contributed by atoms with Gasteiger partial charge in [0, 0.05) is 12.8 Å². The molecule has 3 heteroatoms. The van der Waals surface area contributed by atoms with Gasteiger partial charge in [0.25, 0.3) is 0 Å². The molecule has 0 unspecified atom stereocenters. The van der Waals surface area contributed by atoms with Gasteiger partial charge in [0.05, 0.1) is 18.6 Å². The Bertz CT molecular complexity index is 285. The quantitative estimate of drug-likeness (QED) is 0.617. The Kier molecular flexibility index (Phi) is 2.25. The topological polar surface area (TPSA) is 35.5 Å². The van der Waals surface area contributed by atoms with Gasteiger partial charge in [-0.1, -0.05) is 13.8 Å². The molecule has 0 atom stereocenters. The second-order valence-corrected chi connectivity index (χ2v) is 6.02. The highest BCUT2D eigenvalue weighted by molar-refractivity contribution is 5.86. The molecule has 1 aliphatic carbocycles. The van der Waals surface area contributed by atoms with E-state index in [2.05, 4.69) is 13.8 Å². The van der Waals surface area contributed by atoms with E-state index in [-0.39, 0.29) is 11.2 Å². The van der Waals surface area contributed by atoms with Crippen molar-refractivity contribution in [1.82, 2.24) is 0 Å². The second-order valence-electron chi connectivity index (χ2n) is 6.02. The van der Waals surface area contributed by atoms with Crippen molar-refractivity contribution in [1.29, 1.82) is 0 Å². The molecule has 0 N–H and O–H groups in total. The first-order valence-electron chi connectivity index (χ1n) is 5.60. The predicted molar refractivity (Wildman–Crippen MR) is 56.4 cm³/mol. The first-order chi connectivity index (χ1) is 6.79. The van der Waals surface area contributed by atoms with Crippen molar-refractivity contribution in [3.63, 3.8) is 0 Å². The molecular formula is C12H20O3. The van der Waals surface area contributed by atoms with Gasteiger partial charge in [-0.05, 0) is 19.3 Å². The standard InChI is InChI=1S/C12H20O3/c1-10(2)7-9(13)11(3,4)12(8-10)14-5-6-15-12/h5-8H2,1-4H3. The number of carbonyl (C=O) groups excluding carboxylic acids is 1. The van der Waals surface area contributed by atoms with Crippen LogP contribution in [0.25, 0.3) is 0 Å². The molecule has 2 aliphatic rings. The van der Waals surface area contributed by atoms with Gasteiger partial charge < -0.3 is 9.47 Å². The second kappa shape index (κ2) is 3.05. The molecule has 0 aromatic rings. The molecule has 86 valence electrons. The zero-order valence-electron chi connectivity index (χ0n) is 10.1. The summed E-state index contributed by atoms with van der Waals surface area (Å²) in [6.45, 7) is 9.30. The first-order valence-corrected chi connectivity index (χ1v) is 5.60. The predicted octanol–water partition coefficient (Wildman–Crippen LogP) is 2.14. The fraction of sp³-hybridized carbons (Fsp3) is 0.917. The lowest BCUT2D eigenvalue weighted by molar-refractivity contribution is -0.251. The molecule has 1 heterocycles. The maximum atomic E-state index is 12.1. The number of rotatable bonds is 0. The summed E-state index contributed by atoms with van der Waals surface area (Å²) in [6, 6.07) is 0. The van der Waals surface area contributed by atoms with Crippen LogP contribution in [0.1, 0.15) is 40.5 Å². The normalized spacial score (nSPS) is 32.1. The molecule has 3 nitrogen and oxygen atoms in total. The van der Waals surface area contributed by atoms with Gasteiger partial charge in [0.15, 0.2) is 5.79 Å². The summed E-state index contributed by atoms with van der Waals surface area (Å²) in [5, 5.41) is 0. The van der Waals surface area contributed by atoms with Gasteiger partial charge in [-0.2, -0.15) is 0 Å². The van der Waals surface area contributed by atoms with E-state index in [4.69, 9.17) is 9.47 Å². The van der Waals surface area contributed by atoms with E-state index in [1.54, 1.807) is 0 Å². The molecule has 2 fully saturated rings. The number of carbonyl (C=O) groups is 1. The van der Waals surface area contributed by atoms with Gasteiger partial charge in [-0.15, -0.1) is 0 Å². The molecule has 1 spiro atoms. The van der Waals surface area contributed by atoms with E-state index < -0.39 is 11.2 Å². The number of ketones is 1. The molecular weight excluding hydrogens is 192 g/mol. The average Bonchev–Trinajstić information content (AvgIpc) is 2.50. The summed E-state index contributed by atoms with van der Waals surface area (Å²) >= 11 is 0. The first kappa shape index (κ1) is 11.1. The number of hydrogen-bond acceptors (Lipinski definition) is 3. The summed E-state index contributed by atoms with van der Waals surface area (Å²) in [6.07, 6.45) is 1.42. The van der Waals surface area contributed by atoms with Crippen LogP contribution in [0, 0.1) is 10.8 Å². The molecule has 1 saturated heterocycles. The Labute approximate surface area is 91.1 Å². The Morgan fingerprint density at radius 1 is 1.07 bits per heavy atom. The number of Topliss-reactive ketones (excluding diaryl/α,β-unsaturated/α-hetero) is 1. The maximum Gasteiger partial charge on any atom is 0.180 e. The van der Waals surface area contributed by atoms with Crippen molar-refractivity contribution in [3.05, 3.63) is 0 Å². The van der Waals surface area contributed by atoms with E-state index in [0.29, 0.717) is 19.6 Å². The number of ether oxygens (including phenoxy) is 2. The highest BCUT2D eigenvalue weighted by Gasteiger charge is 2.60. The third-order valence-electron chi connectivity index (χ3n) is 3.75. The Balaban J connectivity index is 2.37. The highest BCUT2D eigenvalue weighted by Crippen LogP contribution is 2.52. The lowest BCUT2D eigenvalue weighted by Gasteiger charge is -2.50. The van der Waals surface area contributed by atoms with Crippen molar-refractivity contribution >= 4 is 5.78 Å². The fourth-order valence-electron chi connectivity index (χ4n) is 2.70. The van der Waals surface area contributed by atoms with Crippen LogP contribution in [0.3, 0.4) is 0 Å². The lowest BCUT2D eigenvalue weighted by Crippen LogP contribution is -2.57. The highest BCUT2D eigenvalue weighted by atomic mass is 16.7.